The minimum absolute atomic E-state index is 0.134. The average Bonchev–Trinajstić information content (AvgIpc) is 3.19. The number of aromatic amines is 1. The van der Waals surface area contributed by atoms with E-state index in [9.17, 15) is 4.79 Å². The number of para-hydroxylation sites is 3. The molecule has 5 rings (SSSR count). The summed E-state index contributed by atoms with van der Waals surface area (Å²) in [7, 11) is 0. The molecule has 0 radical (unpaired) electrons. The zero-order valence-corrected chi connectivity index (χ0v) is 14.9. The zero-order chi connectivity index (χ0) is 18.9. The van der Waals surface area contributed by atoms with Crippen molar-refractivity contribution in [1.82, 2.24) is 19.5 Å². The number of pyridine rings is 2. The molecule has 28 heavy (non-hydrogen) atoms. The fraction of sp³-hybridized carbons (Fsp3) is 0. The van der Waals surface area contributed by atoms with Crippen molar-refractivity contribution in [3.8, 4) is 28.3 Å². The number of benzene rings is 2. The van der Waals surface area contributed by atoms with Crippen molar-refractivity contribution in [3.05, 3.63) is 102 Å². The van der Waals surface area contributed by atoms with Crippen LogP contribution in [0.4, 0.5) is 0 Å². The van der Waals surface area contributed by atoms with Gasteiger partial charge in [-0.1, -0.05) is 36.4 Å². The van der Waals surface area contributed by atoms with Gasteiger partial charge in [-0.25, -0.2) is 4.98 Å². The van der Waals surface area contributed by atoms with Crippen LogP contribution in [-0.4, -0.2) is 19.5 Å². The van der Waals surface area contributed by atoms with E-state index in [4.69, 9.17) is 0 Å². The summed E-state index contributed by atoms with van der Waals surface area (Å²) in [6.45, 7) is 0. The molecule has 134 valence electrons. The van der Waals surface area contributed by atoms with Gasteiger partial charge in [-0.2, -0.15) is 0 Å². The first kappa shape index (κ1) is 16.2. The minimum Gasteiger partial charge on any atom is -0.338 e. The van der Waals surface area contributed by atoms with Gasteiger partial charge in [-0.15, -0.1) is 0 Å². The van der Waals surface area contributed by atoms with E-state index >= 15 is 0 Å². The molecule has 1 N–H and O–H groups in total. The van der Waals surface area contributed by atoms with Gasteiger partial charge in [-0.3, -0.25) is 14.3 Å². The monoisotopic (exact) mass is 364 g/mol. The zero-order valence-electron chi connectivity index (χ0n) is 14.9. The Morgan fingerprint density at radius 2 is 1.64 bits per heavy atom. The number of hydrogen-bond acceptors (Lipinski definition) is 3. The van der Waals surface area contributed by atoms with Crippen molar-refractivity contribution in [3.63, 3.8) is 0 Å². The highest BCUT2D eigenvalue weighted by atomic mass is 16.1. The largest absolute Gasteiger partial charge is 0.338 e. The van der Waals surface area contributed by atoms with Crippen molar-refractivity contribution < 1.29 is 0 Å². The molecular weight excluding hydrogens is 348 g/mol. The van der Waals surface area contributed by atoms with Crippen molar-refractivity contribution >= 4 is 11.0 Å². The number of rotatable bonds is 3. The number of nitrogens with zero attached hydrogens (tertiary/aromatic N) is 3. The van der Waals surface area contributed by atoms with Crippen LogP contribution >= 0.6 is 0 Å². The molecule has 0 saturated heterocycles. The lowest BCUT2D eigenvalue weighted by Gasteiger charge is -2.11. The molecule has 3 heterocycles. The van der Waals surface area contributed by atoms with Crippen LogP contribution < -0.4 is 5.56 Å². The van der Waals surface area contributed by atoms with Crippen LogP contribution in [0.1, 0.15) is 0 Å². The van der Waals surface area contributed by atoms with E-state index in [0.717, 1.165) is 28.0 Å². The Bertz CT molecular complexity index is 1290. The molecule has 0 unspecified atom stereocenters. The van der Waals surface area contributed by atoms with Crippen LogP contribution in [0.15, 0.2) is 96.1 Å². The van der Waals surface area contributed by atoms with Gasteiger partial charge in [-0.05, 0) is 42.5 Å². The quantitative estimate of drug-likeness (QED) is 0.515. The Kier molecular flexibility index (Phi) is 3.84. The maximum atomic E-state index is 13.3. The standard InChI is InChI=1S/C23H16N4O/c28-23-18(22-25-20-11-4-5-12-21(20)26-22)14-16(19-10-6-7-13-24-19)15-27(23)17-8-2-1-3-9-17/h1-15H,(H,25,26). The number of H-pyrrole nitrogens is 1. The predicted octanol–water partition coefficient (Wildman–Crippen LogP) is 4.44. The molecular formula is C23H16N4O. The van der Waals surface area contributed by atoms with Gasteiger partial charge in [0.05, 0.1) is 22.3 Å². The number of fused-ring (bicyclic) bond motifs is 1. The maximum Gasteiger partial charge on any atom is 0.266 e. The van der Waals surface area contributed by atoms with Crippen molar-refractivity contribution in [2.24, 2.45) is 0 Å². The van der Waals surface area contributed by atoms with E-state index in [1.165, 1.54) is 0 Å². The first-order valence-corrected chi connectivity index (χ1v) is 8.98. The van der Waals surface area contributed by atoms with Crippen molar-refractivity contribution in [2.75, 3.05) is 0 Å². The Balaban J connectivity index is 1.79. The van der Waals surface area contributed by atoms with E-state index in [1.54, 1.807) is 10.8 Å². The molecule has 2 aromatic carbocycles. The Morgan fingerprint density at radius 1 is 0.857 bits per heavy atom. The molecule has 0 aliphatic rings. The maximum absolute atomic E-state index is 13.3. The highest BCUT2D eigenvalue weighted by molar-refractivity contribution is 5.80. The summed E-state index contributed by atoms with van der Waals surface area (Å²) >= 11 is 0. The van der Waals surface area contributed by atoms with Gasteiger partial charge in [0.2, 0.25) is 0 Å². The number of aromatic nitrogens is 4. The molecule has 5 aromatic rings. The Morgan fingerprint density at radius 3 is 2.43 bits per heavy atom. The summed E-state index contributed by atoms with van der Waals surface area (Å²) in [4.78, 5) is 25.6. The van der Waals surface area contributed by atoms with E-state index in [2.05, 4.69) is 15.0 Å². The second-order valence-corrected chi connectivity index (χ2v) is 6.47. The van der Waals surface area contributed by atoms with Gasteiger partial charge in [0.1, 0.15) is 5.82 Å². The number of imidazole rings is 1. The Hall–Kier alpha value is -3.99. The summed E-state index contributed by atoms with van der Waals surface area (Å²) in [5.41, 5.74) is 4.53. The molecule has 0 atom stereocenters. The van der Waals surface area contributed by atoms with Crippen LogP contribution in [-0.2, 0) is 0 Å². The molecule has 0 saturated carbocycles. The molecule has 3 aromatic heterocycles. The topological polar surface area (TPSA) is 63.6 Å². The third-order valence-corrected chi connectivity index (χ3v) is 4.66. The lowest BCUT2D eigenvalue weighted by molar-refractivity contribution is 0.989. The SMILES string of the molecule is O=c1c(-c2nc3ccccc3[nH]2)cc(-c2ccccn2)cn1-c1ccccc1. The highest BCUT2D eigenvalue weighted by Crippen LogP contribution is 2.24. The summed E-state index contributed by atoms with van der Waals surface area (Å²) in [6, 6.07) is 24.9. The lowest BCUT2D eigenvalue weighted by atomic mass is 10.1. The van der Waals surface area contributed by atoms with E-state index in [1.807, 2.05) is 85.1 Å². The summed E-state index contributed by atoms with van der Waals surface area (Å²) in [6.07, 6.45) is 3.57. The average molecular weight is 364 g/mol. The van der Waals surface area contributed by atoms with Crippen molar-refractivity contribution in [1.29, 1.82) is 0 Å². The first-order valence-electron chi connectivity index (χ1n) is 8.98. The molecule has 0 aliphatic carbocycles. The summed E-state index contributed by atoms with van der Waals surface area (Å²) in [5.74, 6) is 0.550. The molecule has 0 spiro atoms. The van der Waals surface area contributed by atoms with E-state index in [0.29, 0.717) is 11.4 Å². The fourth-order valence-corrected chi connectivity index (χ4v) is 3.29. The third-order valence-electron chi connectivity index (χ3n) is 4.66. The van der Waals surface area contributed by atoms with Crippen molar-refractivity contribution in [2.45, 2.75) is 0 Å². The van der Waals surface area contributed by atoms with Gasteiger partial charge in [0.15, 0.2) is 0 Å². The molecule has 0 fully saturated rings. The van der Waals surface area contributed by atoms with E-state index < -0.39 is 0 Å². The molecule has 0 amide bonds. The van der Waals surface area contributed by atoms with Crippen LogP contribution in [0.2, 0.25) is 0 Å². The summed E-state index contributed by atoms with van der Waals surface area (Å²) < 4.78 is 1.65. The third kappa shape index (κ3) is 2.79. The second kappa shape index (κ2) is 6.63. The minimum atomic E-state index is -0.134. The summed E-state index contributed by atoms with van der Waals surface area (Å²) in [5, 5.41) is 0. The first-order chi connectivity index (χ1) is 13.8. The molecule has 0 aliphatic heterocycles. The van der Waals surface area contributed by atoms with Crippen LogP contribution in [0.25, 0.3) is 39.4 Å². The number of nitrogens with one attached hydrogen (secondary N) is 1. The van der Waals surface area contributed by atoms with Gasteiger partial charge in [0, 0.05) is 23.6 Å². The normalized spacial score (nSPS) is 11.0. The van der Waals surface area contributed by atoms with Crippen LogP contribution in [0.3, 0.4) is 0 Å². The highest BCUT2D eigenvalue weighted by Gasteiger charge is 2.15. The fourth-order valence-electron chi connectivity index (χ4n) is 3.29. The molecule has 0 bridgehead atoms. The van der Waals surface area contributed by atoms with Gasteiger partial charge >= 0.3 is 0 Å². The smallest absolute Gasteiger partial charge is 0.266 e. The number of hydrogen-bond donors (Lipinski definition) is 1. The Labute approximate surface area is 161 Å². The van der Waals surface area contributed by atoms with E-state index in [-0.39, 0.29) is 5.56 Å². The predicted molar refractivity (Wildman–Crippen MR) is 110 cm³/mol. The van der Waals surface area contributed by atoms with Crippen LogP contribution in [0, 0.1) is 0 Å². The van der Waals surface area contributed by atoms with Gasteiger partial charge in [0.25, 0.3) is 5.56 Å². The molecule has 5 nitrogen and oxygen atoms in total. The van der Waals surface area contributed by atoms with Gasteiger partial charge < -0.3 is 4.98 Å². The lowest BCUT2D eigenvalue weighted by Crippen LogP contribution is -2.20. The molecule has 5 heteroatoms. The van der Waals surface area contributed by atoms with Crippen LogP contribution in [0.5, 0.6) is 0 Å². The second-order valence-electron chi connectivity index (χ2n) is 6.47.